The number of nitrogens with one attached hydrogen (secondary N) is 1. The smallest absolute Gasteiger partial charge is 0.408 e. The largest absolute Gasteiger partial charge is 0.508 e. The number of fused-ring (bicyclic) bond motifs is 1. The molecule has 0 saturated heterocycles. The number of alkyl carbamates (subject to hydrolysis) is 1. The van der Waals surface area contributed by atoms with Crippen LogP contribution in [0.3, 0.4) is 0 Å². The van der Waals surface area contributed by atoms with Gasteiger partial charge in [0.15, 0.2) is 0 Å². The normalized spacial score (nSPS) is 11.8. The zero-order valence-corrected chi connectivity index (χ0v) is 17.7. The number of halogens is 1. The maximum atomic E-state index is 12.7. The number of aromatic hydroxyl groups is 1. The molecule has 4 rings (SSSR count). The maximum absolute atomic E-state index is 12.7. The molecule has 1 atom stereocenters. The summed E-state index contributed by atoms with van der Waals surface area (Å²) >= 11 is 3.45. The lowest BCUT2D eigenvalue weighted by atomic mass is 9.93. The van der Waals surface area contributed by atoms with Crippen LogP contribution in [-0.2, 0) is 11.3 Å². The highest BCUT2D eigenvalue weighted by molar-refractivity contribution is 9.10. The van der Waals surface area contributed by atoms with Gasteiger partial charge in [0.05, 0.1) is 6.04 Å². The molecule has 2 N–H and O–H groups in total. The van der Waals surface area contributed by atoms with Gasteiger partial charge in [-0.1, -0.05) is 88.7 Å². The number of carbonyl (C=O) groups excluding carboxylic acids is 1. The van der Waals surface area contributed by atoms with E-state index in [0.717, 1.165) is 26.4 Å². The van der Waals surface area contributed by atoms with Crippen molar-refractivity contribution < 1.29 is 14.6 Å². The van der Waals surface area contributed by atoms with Crippen molar-refractivity contribution >= 4 is 32.8 Å². The van der Waals surface area contributed by atoms with Crippen molar-refractivity contribution in [2.75, 3.05) is 0 Å². The third kappa shape index (κ3) is 4.47. The van der Waals surface area contributed by atoms with Gasteiger partial charge in [-0.05, 0) is 40.1 Å². The van der Waals surface area contributed by atoms with Crippen molar-refractivity contribution in [1.82, 2.24) is 5.32 Å². The maximum Gasteiger partial charge on any atom is 0.408 e. The van der Waals surface area contributed by atoms with Gasteiger partial charge in [0.2, 0.25) is 0 Å². The molecule has 0 aliphatic rings. The Hall–Kier alpha value is -3.31. The molecule has 4 aromatic carbocycles. The molecular formula is C25H20BrNO3. The summed E-state index contributed by atoms with van der Waals surface area (Å²) in [7, 11) is 0. The van der Waals surface area contributed by atoms with Gasteiger partial charge in [0, 0.05) is 10.0 Å². The van der Waals surface area contributed by atoms with Gasteiger partial charge in [-0.3, -0.25) is 0 Å². The summed E-state index contributed by atoms with van der Waals surface area (Å²) in [6.07, 6.45) is -0.556. The lowest BCUT2D eigenvalue weighted by molar-refractivity contribution is 0.137. The number of benzene rings is 4. The second-order valence-electron chi connectivity index (χ2n) is 6.91. The Morgan fingerprint density at radius 1 is 0.900 bits per heavy atom. The molecule has 4 nitrogen and oxygen atoms in total. The van der Waals surface area contributed by atoms with E-state index in [1.54, 1.807) is 6.07 Å². The molecule has 0 aliphatic carbocycles. The first-order valence-electron chi connectivity index (χ1n) is 9.55. The lowest BCUT2D eigenvalue weighted by Gasteiger charge is -2.22. The summed E-state index contributed by atoms with van der Waals surface area (Å²) in [6, 6.07) is 27.8. The number of ether oxygens (including phenoxy) is 1. The fourth-order valence-corrected chi connectivity index (χ4v) is 3.71. The van der Waals surface area contributed by atoms with E-state index in [2.05, 4.69) is 21.2 Å². The van der Waals surface area contributed by atoms with Crippen molar-refractivity contribution in [3.63, 3.8) is 0 Å². The number of hydrogen-bond acceptors (Lipinski definition) is 3. The van der Waals surface area contributed by atoms with Gasteiger partial charge in [-0.15, -0.1) is 0 Å². The Bertz CT molecular complexity index is 1160. The second kappa shape index (κ2) is 9.01. The molecule has 150 valence electrons. The molecule has 0 aliphatic heterocycles. The number of phenols is 1. The molecule has 0 saturated carbocycles. The van der Waals surface area contributed by atoms with Crippen LogP contribution in [0.25, 0.3) is 10.8 Å². The third-order valence-corrected chi connectivity index (χ3v) is 5.44. The topological polar surface area (TPSA) is 58.6 Å². The Balaban J connectivity index is 1.68. The van der Waals surface area contributed by atoms with E-state index in [9.17, 15) is 9.90 Å². The lowest BCUT2D eigenvalue weighted by Crippen LogP contribution is -2.30. The van der Waals surface area contributed by atoms with Crippen molar-refractivity contribution in [3.05, 3.63) is 112 Å². The number of rotatable bonds is 5. The molecular weight excluding hydrogens is 442 g/mol. The monoisotopic (exact) mass is 461 g/mol. The van der Waals surface area contributed by atoms with Crippen molar-refractivity contribution in [2.24, 2.45) is 0 Å². The van der Waals surface area contributed by atoms with Crippen molar-refractivity contribution in [2.45, 2.75) is 12.6 Å². The summed E-state index contributed by atoms with van der Waals surface area (Å²) < 4.78 is 6.37. The summed E-state index contributed by atoms with van der Waals surface area (Å²) in [4.78, 5) is 12.7. The van der Waals surface area contributed by atoms with E-state index in [4.69, 9.17) is 4.74 Å². The average Bonchev–Trinajstić information content (AvgIpc) is 2.78. The average molecular weight is 462 g/mol. The Kier molecular flexibility index (Phi) is 6.00. The molecule has 1 amide bonds. The van der Waals surface area contributed by atoms with Crippen LogP contribution in [0, 0.1) is 0 Å². The molecule has 1 unspecified atom stereocenters. The van der Waals surface area contributed by atoms with E-state index in [-0.39, 0.29) is 12.4 Å². The minimum atomic E-state index is -0.576. The van der Waals surface area contributed by atoms with E-state index in [1.165, 1.54) is 0 Å². The van der Waals surface area contributed by atoms with Gasteiger partial charge in [0.1, 0.15) is 12.4 Å². The van der Waals surface area contributed by atoms with Crippen molar-refractivity contribution in [1.29, 1.82) is 0 Å². The zero-order valence-electron chi connectivity index (χ0n) is 16.1. The number of carbonyl (C=O) groups is 1. The highest BCUT2D eigenvalue weighted by atomic mass is 79.9. The van der Waals surface area contributed by atoms with Gasteiger partial charge < -0.3 is 15.2 Å². The minimum Gasteiger partial charge on any atom is -0.508 e. The molecule has 0 bridgehead atoms. The predicted molar refractivity (Wildman–Crippen MR) is 121 cm³/mol. The molecule has 0 radical (unpaired) electrons. The van der Waals surface area contributed by atoms with Crippen LogP contribution in [-0.4, -0.2) is 11.2 Å². The highest BCUT2D eigenvalue weighted by Crippen LogP contribution is 2.36. The fourth-order valence-electron chi connectivity index (χ4n) is 3.45. The van der Waals surface area contributed by atoms with Crippen LogP contribution >= 0.6 is 15.9 Å². The first-order valence-corrected chi connectivity index (χ1v) is 10.3. The molecule has 0 spiro atoms. The van der Waals surface area contributed by atoms with E-state index in [0.29, 0.717) is 5.56 Å². The first kappa shape index (κ1) is 20.0. The quantitative estimate of drug-likeness (QED) is 0.365. The van der Waals surface area contributed by atoms with E-state index < -0.39 is 12.1 Å². The van der Waals surface area contributed by atoms with Crippen molar-refractivity contribution in [3.8, 4) is 5.75 Å². The van der Waals surface area contributed by atoms with Gasteiger partial charge >= 0.3 is 6.09 Å². The number of hydrogen-bond donors (Lipinski definition) is 2. The van der Waals surface area contributed by atoms with Crippen LogP contribution < -0.4 is 5.32 Å². The third-order valence-electron chi connectivity index (χ3n) is 4.91. The summed E-state index contributed by atoms with van der Waals surface area (Å²) in [5, 5.41) is 15.5. The summed E-state index contributed by atoms with van der Waals surface area (Å²) in [6.45, 7) is 0.168. The standard InChI is InChI=1S/C25H20BrNO3/c26-20-13-10-19(11-14-20)24(27-25(29)30-16-17-6-2-1-3-7-17)23-21-9-5-4-8-18(21)12-15-22(23)28/h1-15,24,28H,16H2,(H,27,29). The molecule has 4 aromatic rings. The molecule has 30 heavy (non-hydrogen) atoms. The highest BCUT2D eigenvalue weighted by Gasteiger charge is 2.23. The van der Waals surface area contributed by atoms with Gasteiger partial charge in [-0.25, -0.2) is 4.79 Å². The van der Waals surface area contributed by atoms with E-state index in [1.807, 2.05) is 84.9 Å². The number of amides is 1. The van der Waals surface area contributed by atoms with E-state index >= 15 is 0 Å². The SMILES string of the molecule is O=C(NC(c1ccc(Br)cc1)c1c(O)ccc2ccccc12)OCc1ccccc1. The fraction of sp³-hybridized carbons (Fsp3) is 0.0800. The molecule has 5 heteroatoms. The first-order chi connectivity index (χ1) is 14.6. The second-order valence-corrected chi connectivity index (χ2v) is 7.83. The Labute approximate surface area is 183 Å². The molecule has 0 aromatic heterocycles. The summed E-state index contributed by atoms with van der Waals surface area (Å²) in [5.41, 5.74) is 2.37. The Morgan fingerprint density at radius 3 is 2.37 bits per heavy atom. The Morgan fingerprint density at radius 2 is 1.60 bits per heavy atom. The van der Waals surface area contributed by atoms with Crippen LogP contribution in [0.15, 0.2) is 95.5 Å². The summed E-state index contributed by atoms with van der Waals surface area (Å²) in [5.74, 6) is 0.116. The predicted octanol–water partition coefficient (Wildman–Crippen LogP) is 6.32. The molecule has 0 fully saturated rings. The van der Waals surface area contributed by atoms with Crippen LogP contribution in [0.5, 0.6) is 5.75 Å². The van der Waals surface area contributed by atoms with Gasteiger partial charge in [-0.2, -0.15) is 0 Å². The zero-order chi connectivity index (χ0) is 20.9. The molecule has 0 heterocycles. The number of phenolic OH excluding ortho intramolecular Hbond substituents is 1. The van der Waals surface area contributed by atoms with Crippen LogP contribution in [0.2, 0.25) is 0 Å². The van der Waals surface area contributed by atoms with Gasteiger partial charge in [0.25, 0.3) is 0 Å². The van der Waals surface area contributed by atoms with Crippen LogP contribution in [0.4, 0.5) is 4.79 Å². The minimum absolute atomic E-state index is 0.116. The van der Waals surface area contributed by atoms with Crippen LogP contribution in [0.1, 0.15) is 22.7 Å².